The lowest BCUT2D eigenvalue weighted by molar-refractivity contribution is -0.142. The van der Waals surface area contributed by atoms with Crippen molar-refractivity contribution in [3.05, 3.63) is 29.8 Å². The Morgan fingerprint density at radius 1 is 1.35 bits per heavy atom. The number of hydrogen-bond acceptors (Lipinski definition) is 4. The molecule has 7 heteroatoms. The van der Waals surface area contributed by atoms with Gasteiger partial charge in [-0.2, -0.15) is 8.42 Å². The predicted molar refractivity (Wildman–Crippen MR) is 72.0 cm³/mol. The molecule has 2 unspecified atom stereocenters. The van der Waals surface area contributed by atoms with Gasteiger partial charge in [-0.1, -0.05) is 19.1 Å². The first-order chi connectivity index (χ1) is 9.40. The van der Waals surface area contributed by atoms with Crippen LogP contribution in [0.25, 0.3) is 0 Å². The summed E-state index contributed by atoms with van der Waals surface area (Å²) >= 11 is 0. The lowest BCUT2D eigenvalue weighted by Crippen LogP contribution is -2.29. The van der Waals surface area contributed by atoms with E-state index in [-0.39, 0.29) is 10.8 Å². The third kappa shape index (κ3) is 1.89. The lowest BCUT2D eigenvalue weighted by atomic mass is 9.99. The van der Waals surface area contributed by atoms with Gasteiger partial charge in [0.2, 0.25) is 0 Å². The van der Waals surface area contributed by atoms with Gasteiger partial charge in [0.05, 0.1) is 5.92 Å². The second-order valence-electron chi connectivity index (χ2n) is 5.21. The Labute approximate surface area is 116 Å². The average molecular weight is 294 g/mol. The molecule has 1 fully saturated rings. The van der Waals surface area contributed by atoms with Gasteiger partial charge in [0.15, 0.2) is 5.84 Å². The molecule has 0 aliphatic carbocycles. The average Bonchev–Trinajstić information content (AvgIpc) is 2.89. The van der Waals surface area contributed by atoms with Gasteiger partial charge in [-0.3, -0.25) is 4.79 Å². The fraction of sp³-hybridized carbons (Fsp3) is 0.385. The van der Waals surface area contributed by atoms with Crippen molar-refractivity contribution in [2.24, 2.45) is 16.2 Å². The zero-order chi connectivity index (χ0) is 14.5. The van der Waals surface area contributed by atoms with Crippen molar-refractivity contribution in [3.63, 3.8) is 0 Å². The highest BCUT2D eigenvalue weighted by molar-refractivity contribution is 7.90. The molecule has 0 aromatic heterocycles. The Kier molecular flexibility index (Phi) is 2.82. The SMILES string of the molecule is CC1CN(C2=NS(=O)(=O)c3ccccc32)CC1C(=O)O. The van der Waals surface area contributed by atoms with Crippen LogP contribution in [0.5, 0.6) is 0 Å². The number of fused-ring (bicyclic) bond motifs is 1. The van der Waals surface area contributed by atoms with E-state index in [1.54, 1.807) is 23.1 Å². The molecule has 0 spiro atoms. The first-order valence-corrected chi connectivity index (χ1v) is 7.76. The van der Waals surface area contributed by atoms with E-state index in [1.807, 2.05) is 6.92 Å². The number of carboxylic acids is 1. The van der Waals surface area contributed by atoms with Crippen LogP contribution in [0.15, 0.2) is 33.6 Å². The monoisotopic (exact) mass is 294 g/mol. The van der Waals surface area contributed by atoms with E-state index >= 15 is 0 Å². The highest BCUT2D eigenvalue weighted by Crippen LogP contribution is 2.31. The molecule has 20 heavy (non-hydrogen) atoms. The molecule has 2 atom stereocenters. The van der Waals surface area contributed by atoms with Crippen molar-refractivity contribution in [2.45, 2.75) is 11.8 Å². The van der Waals surface area contributed by atoms with Crippen LogP contribution >= 0.6 is 0 Å². The summed E-state index contributed by atoms with van der Waals surface area (Å²) in [4.78, 5) is 13.1. The minimum Gasteiger partial charge on any atom is -0.481 e. The van der Waals surface area contributed by atoms with E-state index < -0.39 is 21.9 Å². The number of carboxylic acid groups (broad SMARTS) is 1. The normalized spacial score (nSPS) is 27.2. The largest absolute Gasteiger partial charge is 0.481 e. The summed E-state index contributed by atoms with van der Waals surface area (Å²) in [5.74, 6) is -1.01. The van der Waals surface area contributed by atoms with Crippen LogP contribution in [0.3, 0.4) is 0 Å². The number of aliphatic carboxylic acids is 1. The standard InChI is InChI=1S/C13H14N2O4S/c1-8-6-15(7-10(8)13(16)17)12-9-4-2-3-5-11(9)20(18,19)14-12/h2-5,8,10H,6-7H2,1H3,(H,16,17). The molecule has 1 aromatic carbocycles. The lowest BCUT2D eigenvalue weighted by Gasteiger charge is -2.17. The maximum Gasteiger partial charge on any atom is 0.308 e. The van der Waals surface area contributed by atoms with Gasteiger partial charge in [-0.15, -0.1) is 4.40 Å². The Morgan fingerprint density at radius 3 is 2.70 bits per heavy atom. The van der Waals surface area contributed by atoms with Gasteiger partial charge in [0.25, 0.3) is 10.0 Å². The molecular formula is C13H14N2O4S. The van der Waals surface area contributed by atoms with Crippen molar-refractivity contribution in [3.8, 4) is 0 Å². The van der Waals surface area contributed by atoms with Crippen molar-refractivity contribution in [1.29, 1.82) is 0 Å². The second-order valence-corrected chi connectivity index (χ2v) is 6.79. The molecule has 2 aliphatic heterocycles. The van der Waals surface area contributed by atoms with Crippen molar-refractivity contribution < 1.29 is 18.3 Å². The maximum atomic E-state index is 12.0. The second kappa shape index (κ2) is 4.31. The topological polar surface area (TPSA) is 87.0 Å². The van der Waals surface area contributed by atoms with Crippen molar-refractivity contribution >= 4 is 21.8 Å². The Balaban J connectivity index is 2.00. The van der Waals surface area contributed by atoms with E-state index in [2.05, 4.69) is 4.40 Å². The van der Waals surface area contributed by atoms with Crippen LogP contribution in [-0.2, 0) is 14.8 Å². The third-order valence-corrected chi connectivity index (χ3v) is 5.17. The van der Waals surface area contributed by atoms with Crippen LogP contribution in [0, 0.1) is 11.8 Å². The van der Waals surface area contributed by atoms with Gasteiger partial charge in [-0.05, 0) is 18.1 Å². The van der Waals surface area contributed by atoms with E-state index in [9.17, 15) is 13.2 Å². The van der Waals surface area contributed by atoms with Crippen LogP contribution in [-0.4, -0.2) is 43.3 Å². The first-order valence-electron chi connectivity index (χ1n) is 6.32. The van der Waals surface area contributed by atoms with Gasteiger partial charge < -0.3 is 10.0 Å². The van der Waals surface area contributed by atoms with Gasteiger partial charge in [-0.25, -0.2) is 0 Å². The van der Waals surface area contributed by atoms with E-state index in [0.717, 1.165) is 0 Å². The molecule has 3 rings (SSSR count). The molecule has 0 radical (unpaired) electrons. The highest BCUT2D eigenvalue weighted by Gasteiger charge is 2.40. The van der Waals surface area contributed by atoms with E-state index in [0.29, 0.717) is 24.5 Å². The number of sulfonamides is 1. The van der Waals surface area contributed by atoms with Crippen molar-refractivity contribution in [1.82, 2.24) is 4.90 Å². The van der Waals surface area contributed by atoms with Gasteiger partial charge in [0.1, 0.15) is 4.90 Å². The van der Waals surface area contributed by atoms with Crippen LogP contribution in [0.4, 0.5) is 0 Å². The molecular weight excluding hydrogens is 280 g/mol. The minimum absolute atomic E-state index is 0.0364. The fourth-order valence-electron chi connectivity index (χ4n) is 2.78. The summed E-state index contributed by atoms with van der Waals surface area (Å²) in [6.07, 6.45) is 0. The van der Waals surface area contributed by atoms with Gasteiger partial charge in [0, 0.05) is 18.7 Å². The zero-order valence-electron chi connectivity index (χ0n) is 10.9. The molecule has 0 amide bonds. The van der Waals surface area contributed by atoms with Gasteiger partial charge >= 0.3 is 5.97 Å². The summed E-state index contributed by atoms with van der Waals surface area (Å²) in [6, 6.07) is 6.64. The number of rotatable bonds is 1. The van der Waals surface area contributed by atoms with Crippen LogP contribution < -0.4 is 0 Å². The third-order valence-electron chi connectivity index (χ3n) is 3.84. The molecule has 0 saturated carbocycles. The Morgan fingerprint density at radius 2 is 2.05 bits per heavy atom. The maximum absolute atomic E-state index is 12.0. The van der Waals surface area contributed by atoms with E-state index in [1.165, 1.54) is 6.07 Å². The first kappa shape index (κ1) is 13.1. The number of likely N-dealkylation sites (tertiary alicyclic amines) is 1. The number of benzene rings is 1. The number of amidine groups is 1. The molecule has 2 aliphatic rings. The van der Waals surface area contributed by atoms with Crippen molar-refractivity contribution in [2.75, 3.05) is 13.1 Å². The molecule has 2 heterocycles. The molecule has 6 nitrogen and oxygen atoms in total. The molecule has 106 valence electrons. The molecule has 1 aromatic rings. The quantitative estimate of drug-likeness (QED) is 0.827. The summed E-state index contributed by atoms with van der Waals surface area (Å²) in [5.41, 5.74) is 0.561. The highest BCUT2D eigenvalue weighted by atomic mass is 32.2. The summed E-state index contributed by atoms with van der Waals surface area (Å²) in [7, 11) is -3.65. The fourth-order valence-corrected chi connectivity index (χ4v) is 4.01. The van der Waals surface area contributed by atoms with E-state index in [4.69, 9.17) is 5.11 Å². The molecule has 0 bridgehead atoms. The van der Waals surface area contributed by atoms with Crippen LogP contribution in [0.2, 0.25) is 0 Å². The van der Waals surface area contributed by atoms with Crippen LogP contribution in [0.1, 0.15) is 12.5 Å². The molecule has 1 N–H and O–H groups in total. The molecule has 1 saturated heterocycles. The summed E-state index contributed by atoms with van der Waals surface area (Å²) in [5, 5.41) is 9.16. The minimum atomic E-state index is -3.65. The Bertz CT molecular complexity index is 711. The predicted octanol–water partition coefficient (Wildman–Crippen LogP) is 0.788. The smallest absolute Gasteiger partial charge is 0.308 e. The number of carbonyl (C=O) groups is 1. The summed E-state index contributed by atoms with van der Waals surface area (Å²) < 4.78 is 27.8. The number of hydrogen-bond donors (Lipinski definition) is 1. The Hall–Kier alpha value is -1.89. The number of nitrogens with zero attached hydrogens (tertiary/aromatic N) is 2. The zero-order valence-corrected chi connectivity index (χ0v) is 11.7. The summed E-state index contributed by atoms with van der Waals surface area (Å²) in [6.45, 7) is 2.65.